The second-order valence-corrected chi connectivity index (χ2v) is 14.0. The molecule has 5 aliphatic carbocycles. The average molecular weight is 437 g/mol. The lowest BCUT2D eigenvalue weighted by atomic mass is 9.46. The van der Waals surface area contributed by atoms with E-state index in [1.54, 1.807) is 17.6 Å². The van der Waals surface area contributed by atoms with Gasteiger partial charge in [0.05, 0.1) is 0 Å². The maximum atomic E-state index is 2.80. The predicted molar refractivity (Wildman–Crippen MR) is 139 cm³/mol. The minimum absolute atomic E-state index is 0.538. The lowest BCUT2D eigenvalue weighted by Gasteiger charge is -2.58. The van der Waals surface area contributed by atoms with Crippen LogP contribution in [-0.4, -0.2) is 0 Å². The lowest BCUT2D eigenvalue weighted by Crippen LogP contribution is -2.50. The van der Waals surface area contributed by atoms with Gasteiger partial charge in [0.1, 0.15) is 0 Å². The fourth-order valence-corrected chi connectivity index (χ4v) is 9.50. The van der Waals surface area contributed by atoms with Crippen molar-refractivity contribution in [1.82, 2.24) is 0 Å². The van der Waals surface area contributed by atoms with Crippen molar-refractivity contribution in [1.29, 1.82) is 0 Å². The molecular formula is C32H52. The molecule has 7 atom stereocenters. The van der Waals surface area contributed by atoms with Crippen LogP contribution in [0.3, 0.4) is 0 Å². The van der Waals surface area contributed by atoms with Gasteiger partial charge in [0, 0.05) is 0 Å². The van der Waals surface area contributed by atoms with Gasteiger partial charge in [0.25, 0.3) is 0 Å². The second kappa shape index (κ2) is 8.92. The number of hydrogen-bond donors (Lipinski definition) is 0. The van der Waals surface area contributed by atoms with Crippen LogP contribution in [0.1, 0.15) is 131 Å². The number of rotatable bonds is 7. The highest BCUT2D eigenvalue weighted by Gasteiger charge is 2.58. The van der Waals surface area contributed by atoms with E-state index in [4.69, 9.17) is 0 Å². The molecule has 180 valence electrons. The van der Waals surface area contributed by atoms with E-state index >= 15 is 0 Å². The van der Waals surface area contributed by atoms with Crippen LogP contribution in [0.4, 0.5) is 0 Å². The van der Waals surface area contributed by atoms with Crippen LogP contribution in [0.2, 0.25) is 0 Å². The number of hydrogen-bond acceptors (Lipinski definition) is 0. The summed E-state index contributed by atoms with van der Waals surface area (Å²) in [7, 11) is 0. The summed E-state index contributed by atoms with van der Waals surface area (Å²) in [4.78, 5) is 0. The van der Waals surface area contributed by atoms with Crippen molar-refractivity contribution in [3.8, 4) is 0 Å². The summed E-state index contributed by atoms with van der Waals surface area (Å²) in [6.45, 7) is 12.7. The molecular weight excluding hydrogens is 384 g/mol. The van der Waals surface area contributed by atoms with E-state index in [9.17, 15) is 0 Å². The third kappa shape index (κ3) is 4.20. The van der Waals surface area contributed by atoms with Gasteiger partial charge in [-0.3, -0.25) is 0 Å². The molecule has 4 saturated carbocycles. The molecule has 0 nitrogen and oxygen atoms in total. The van der Waals surface area contributed by atoms with Crippen molar-refractivity contribution in [2.75, 3.05) is 0 Å². The summed E-state index contributed by atoms with van der Waals surface area (Å²) in [5.74, 6) is 5.85. The van der Waals surface area contributed by atoms with Gasteiger partial charge in [-0.1, -0.05) is 69.8 Å². The Bertz CT molecular complexity index is 746. The normalized spacial score (nSPS) is 42.9. The SMILES string of the molecule is CC(CC1CCC2(C)C(=CCC3C2CCC2(C)C(CCCCC(C)C)CCC32)C1)=C1CC1. The largest absolute Gasteiger partial charge is 0.0845 e. The minimum atomic E-state index is 0.538. The summed E-state index contributed by atoms with van der Waals surface area (Å²) in [6, 6.07) is 0. The molecule has 0 aliphatic heterocycles. The Morgan fingerprint density at radius 1 is 1.00 bits per heavy atom. The molecule has 0 bridgehead atoms. The van der Waals surface area contributed by atoms with Crippen molar-refractivity contribution in [3.05, 3.63) is 22.8 Å². The standard InChI is InChI=1S/C32H52/c1-22(2)8-6-7-9-26-13-15-29-28-14-12-27-21-24(20-23(3)25-10-11-25)16-18-32(27,5)30(28)17-19-31(26,29)4/h12,22,24,26,28-30H,6-11,13-21H2,1-5H3. The molecule has 0 saturated heterocycles. The first kappa shape index (κ1) is 23.2. The van der Waals surface area contributed by atoms with Gasteiger partial charge in [0.15, 0.2) is 0 Å². The Hall–Kier alpha value is -0.520. The van der Waals surface area contributed by atoms with Crippen molar-refractivity contribution in [3.63, 3.8) is 0 Å². The molecule has 0 aromatic heterocycles. The monoisotopic (exact) mass is 436 g/mol. The highest BCUT2D eigenvalue weighted by atomic mass is 14.6. The van der Waals surface area contributed by atoms with Gasteiger partial charge in [-0.05, 0) is 130 Å². The van der Waals surface area contributed by atoms with Crippen LogP contribution in [0.25, 0.3) is 0 Å². The molecule has 0 heteroatoms. The van der Waals surface area contributed by atoms with Crippen LogP contribution in [-0.2, 0) is 0 Å². The molecule has 5 aliphatic rings. The number of allylic oxidation sites excluding steroid dienone is 4. The average Bonchev–Trinajstić information content (AvgIpc) is 3.54. The molecule has 0 heterocycles. The van der Waals surface area contributed by atoms with Crippen LogP contribution in [0, 0.1) is 46.3 Å². The fourth-order valence-electron chi connectivity index (χ4n) is 9.50. The van der Waals surface area contributed by atoms with Gasteiger partial charge in [-0.25, -0.2) is 0 Å². The second-order valence-electron chi connectivity index (χ2n) is 14.0. The highest BCUT2D eigenvalue weighted by molar-refractivity contribution is 5.27. The molecule has 5 rings (SSSR count). The Morgan fingerprint density at radius 2 is 1.81 bits per heavy atom. The Morgan fingerprint density at radius 3 is 2.56 bits per heavy atom. The van der Waals surface area contributed by atoms with Crippen molar-refractivity contribution in [2.45, 2.75) is 131 Å². The zero-order chi connectivity index (χ0) is 22.5. The Balaban J connectivity index is 1.25. The van der Waals surface area contributed by atoms with E-state index in [1.807, 2.05) is 5.57 Å². The summed E-state index contributed by atoms with van der Waals surface area (Å²) in [6.07, 6.45) is 24.9. The highest BCUT2D eigenvalue weighted by Crippen LogP contribution is 2.67. The number of unbranched alkanes of at least 4 members (excludes halogenated alkanes) is 1. The molecule has 0 aromatic rings. The van der Waals surface area contributed by atoms with E-state index < -0.39 is 0 Å². The van der Waals surface area contributed by atoms with Crippen LogP contribution < -0.4 is 0 Å². The van der Waals surface area contributed by atoms with Crippen molar-refractivity contribution >= 4 is 0 Å². The summed E-state index contributed by atoms with van der Waals surface area (Å²) in [5.41, 5.74) is 6.65. The lowest BCUT2D eigenvalue weighted by molar-refractivity contribution is -0.0455. The van der Waals surface area contributed by atoms with Gasteiger partial charge < -0.3 is 0 Å². The Labute approximate surface area is 200 Å². The van der Waals surface area contributed by atoms with Gasteiger partial charge in [-0.15, -0.1) is 0 Å². The third-order valence-corrected chi connectivity index (χ3v) is 11.7. The predicted octanol–water partition coefficient (Wildman–Crippen LogP) is 9.90. The van der Waals surface area contributed by atoms with Gasteiger partial charge in [0.2, 0.25) is 0 Å². The van der Waals surface area contributed by atoms with Crippen LogP contribution >= 0.6 is 0 Å². The molecule has 0 spiro atoms. The zero-order valence-corrected chi connectivity index (χ0v) is 22.1. The first-order chi connectivity index (χ1) is 15.3. The maximum Gasteiger partial charge on any atom is -0.00851 e. The van der Waals surface area contributed by atoms with E-state index in [2.05, 4.69) is 40.7 Å². The Kier molecular flexibility index (Phi) is 6.48. The summed E-state index contributed by atoms with van der Waals surface area (Å²) in [5, 5.41) is 0. The maximum absolute atomic E-state index is 2.80. The molecule has 0 amide bonds. The fraction of sp³-hybridized carbons (Fsp3) is 0.875. The summed E-state index contributed by atoms with van der Waals surface area (Å²) < 4.78 is 0. The molecule has 0 N–H and O–H groups in total. The third-order valence-electron chi connectivity index (χ3n) is 11.7. The molecule has 4 fully saturated rings. The van der Waals surface area contributed by atoms with E-state index in [0.29, 0.717) is 10.8 Å². The minimum Gasteiger partial charge on any atom is -0.0845 e. The van der Waals surface area contributed by atoms with E-state index in [-0.39, 0.29) is 0 Å². The first-order valence-electron chi connectivity index (χ1n) is 14.7. The van der Waals surface area contributed by atoms with E-state index in [0.717, 1.165) is 35.5 Å². The molecule has 32 heavy (non-hydrogen) atoms. The molecule has 0 aromatic carbocycles. The van der Waals surface area contributed by atoms with E-state index in [1.165, 1.54) is 89.9 Å². The van der Waals surface area contributed by atoms with Crippen LogP contribution in [0.15, 0.2) is 22.8 Å². The first-order valence-corrected chi connectivity index (χ1v) is 14.7. The zero-order valence-electron chi connectivity index (χ0n) is 22.1. The smallest absolute Gasteiger partial charge is 0.00851 e. The molecule has 7 unspecified atom stereocenters. The quantitative estimate of drug-likeness (QED) is 0.275. The number of fused-ring (bicyclic) bond motifs is 5. The van der Waals surface area contributed by atoms with Gasteiger partial charge in [-0.2, -0.15) is 0 Å². The topological polar surface area (TPSA) is 0 Å². The van der Waals surface area contributed by atoms with Crippen molar-refractivity contribution < 1.29 is 0 Å². The van der Waals surface area contributed by atoms with Gasteiger partial charge >= 0.3 is 0 Å². The van der Waals surface area contributed by atoms with Crippen molar-refractivity contribution in [2.24, 2.45) is 46.3 Å². The molecule has 0 radical (unpaired) electrons. The summed E-state index contributed by atoms with van der Waals surface area (Å²) >= 11 is 0. The van der Waals surface area contributed by atoms with Crippen LogP contribution in [0.5, 0.6) is 0 Å².